The molecule has 1 amide bonds. The van der Waals surface area contributed by atoms with Gasteiger partial charge in [-0.3, -0.25) is 9.59 Å². The minimum atomic E-state index is -3.96. The Balaban J connectivity index is 2.98. The molecule has 1 aromatic rings. The van der Waals surface area contributed by atoms with Crippen molar-refractivity contribution in [3.05, 3.63) is 29.8 Å². The Morgan fingerprint density at radius 3 is 2.14 bits per heavy atom. The first-order chi connectivity index (χ1) is 10.2. The predicted molar refractivity (Wildman–Crippen MR) is 81.0 cm³/mol. The molecule has 1 atom stereocenters. The molecule has 1 rings (SSSR count). The molecule has 7 nitrogen and oxygen atoms in total. The fraction of sp³-hybridized carbons (Fsp3) is 0.429. The number of benzene rings is 1. The molecule has 0 fully saturated rings. The van der Waals surface area contributed by atoms with Crippen molar-refractivity contribution in [2.75, 3.05) is 7.05 Å². The van der Waals surface area contributed by atoms with Crippen LogP contribution in [-0.4, -0.2) is 38.5 Å². The van der Waals surface area contributed by atoms with Crippen molar-refractivity contribution in [3.63, 3.8) is 0 Å². The summed E-state index contributed by atoms with van der Waals surface area (Å²) in [4.78, 5) is 22.5. The lowest BCUT2D eigenvalue weighted by Crippen LogP contribution is -2.41. The molecule has 0 bridgehead atoms. The smallest absolute Gasteiger partial charge is 0.321 e. The molecule has 0 saturated heterocycles. The van der Waals surface area contributed by atoms with Gasteiger partial charge in [-0.15, -0.1) is 0 Å². The van der Waals surface area contributed by atoms with Gasteiger partial charge in [-0.1, -0.05) is 13.8 Å². The summed E-state index contributed by atoms with van der Waals surface area (Å²) in [6, 6.07) is 4.07. The Kier molecular flexibility index (Phi) is 6.07. The number of carbonyl (C=O) groups is 2. The number of amides is 1. The zero-order chi connectivity index (χ0) is 16.9. The highest BCUT2D eigenvalue weighted by Gasteiger charge is 2.26. The molecule has 8 heteroatoms. The van der Waals surface area contributed by atoms with Crippen LogP contribution < -0.4 is 10.0 Å². The molecule has 0 aliphatic carbocycles. The maximum absolute atomic E-state index is 12.2. The van der Waals surface area contributed by atoms with Gasteiger partial charge in [0.2, 0.25) is 10.0 Å². The molecule has 0 aromatic heterocycles. The summed E-state index contributed by atoms with van der Waals surface area (Å²) in [6.07, 6.45) is 0.185. The lowest BCUT2D eigenvalue weighted by atomic mass is 10.1. The Morgan fingerprint density at radius 1 is 1.18 bits per heavy atom. The van der Waals surface area contributed by atoms with E-state index in [9.17, 15) is 18.0 Å². The fourth-order valence-electron chi connectivity index (χ4n) is 1.86. The van der Waals surface area contributed by atoms with Crippen molar-refractivity contribution in [1.82, 2.24) is 10.0 Å². The second-order valence-corrected chi connectivity index (χ2v) is 6.96. The Hall–Kier alpha value is -1.93. The maximum atomic E-state index is 12.2. The molecule has 0 heterocycles. The number of nitrogens with one attached hydrogen (secondary N) is 2. The third-order valence-corrected chi connectivity index (χ3v) is 4.44. The molecule has 122 valence electrons. The van der Waals surface area contributed by atoms with Crippen LogP contribution >= 0.6 is 0 Å². The van der Waals surface area contributed by atoms with Gasteiger partial charge >= 0.3 is 5.97 Å². The topological polar surface area (TPSA) is 113 Å². The van der Waals surface area contributed by atoms with E-state index in [0.717, 1.165) is 0 Å². The third kappa shape index (κ3) is 4.81. The molecule has 0 spiro atoms. The average Bonchev–Trinajstić information content (AvgIpc) is 2.45. The number of sulfonamides is 1. The van der Waals surface area contributed by atoms with Crippen LogP contribution in [0.2, 0.25) is 0 Å². The van der Waals surface area contributed by atoms with Gasteiger partial charge in [0.25, 0.3) is 5.91 Å². The minimum Gasteiger partial charge on any atom is -0.480 e. The number of rotatable bonds is 7. The average molecular weight is 328 g/mol. The van der Waals surface area contributed by atoms with E-state index < -0.39 is 22.0 Å². The maximum Gasteiger partial charge on any atom is 0.321 e. The van der Waals surface area contributed by atoms with E-state index in [1.54, 1.807) is 0 Å². The fourth-order valence-corrected chi connectivity index (χ4v) is 3.06. The van der Waals surface area contributed by atoms with Crippen LogP contribution in [0.4, 0.5) is 0 Å². The summed E-state index contributed by atoms with van der Waals surface area (Å²) in [5.74, 6) is -1.53. The van der Waals surface area contributed by atoms with Crippen LogP contribution in [0.25, 0.3) is 0 Å². The second-order valence-electron chi connectivity index (χ2n) is 5.25. The van der Waals surface area contributed by atoms with Gasteiger partial charge in [-0.05, 0) is 36.6 Å². The summed E-state index contributed by atoms with van der Waals surface area (Å²) in [7, 11) is -2.49. The van der Waals surface area contributed by atoms with Crippen LogP contribution in [-0.2, 0) is 14.8 Å². The molecule has 0 aliphatic rings. The summed E-state index contributed by atoms with van der Waals surface area (Å²) < 4.78 is 26.6. The monoisotopic (exact) mass is 328 g/mol. The third-order valence-electron chi connectivity index (χ3n) is 2.96. The zero-order valence-corrected chi connectivity index (χ0v) is 13.5. The van der Waals surface area contributed by atoms with Crippen molar-refractivity contribution in [2.24, 2.45) is 5.92 Å². The van der Waals surface area contributed by atoms with Crippen molar-refractivity contribution >= 4 is 21.9 Å². The van der Waals surface area contributed by atoms with Gasteiger partial charge in [0.05, 0.1) is 4.90 Å². The number of hydrogen-bond donors (Lipinski definition) is 3. The van der Waals surface area contributed by atoms with Crippen molar-refractivity contribution < 1.29 is 23.1 Å². The molecule has 0 radical (unpaired) electrons. The quantitative estimate of drug-likeness (QED) is 0.686. The number of carboxylic acids is 1. The van der Waals surface area contributed by atoms with E-state index in [1.807, 2.05) is 13.8 Å². The van der Waals surface area contributed by atoms with Crippen molar-refractivity contribution in [3.8, 4) is 0 Å². The zero-order valence-electron chi connectivity index (χ0n) is 12.7. The summed E-state index contributed by atoms with van der Waals surface area (Å²) in [5.41, 5.74) is 0.318. The van der Waals surface area contributed by atoms with Crippen LogP contribution in [0, 0.1) is 5.92 Å². The molecule has 3 N–H and O–H groups in total. The van der Waals surface area contributed by atoms with E-state index in [4.69, 9.17) is 5.11 Å². The summed E-state index contributed by atoms with van der Waals surface area (Å²) >= 11 is 0. The molecule has 1 aromatic carbocycles. The standard InChI is InChI=1S/C14H20N2O5S/c1-9(2)8-12(14(18)19)16-22(20,21)11-6-4-10(5-7-11)13(17)15-3/h4-7,9,12,16H,8H2,1-3H3,(H,15,17)(H,18,19)/t12-/m0/s1. The number of carbonyl (C=O) groups excluding carboxylic acids is 1. The van der Waals surface area contributed by atoms with Gasteiger partial charge < -0.3 is 10.4 Å². The largest absolute Gasteiger partial charge is 0.480 e. The summed E-state index contributed by atoms with van der Waals surface area (Å²) in [5, 5.41) is 11.5. The molecular weight excluding hydrogens is 308 g/mol. The minimum absolute atomic E-state index is 0.0272. The normalized spacial score (nSPS) is 12.9. The highest BCUT2D eigenvalue weighted by atomic mass is 32.2. The molecule has 0 aliphatic heterocycles. The Labute approximate surface area is 129 Å². The lowest BCUT2D eigenvalue weighted by molar-refractivity contribution is -0.139. The van der Waals surface area contributed by atoms with Crippen molar-refractivity contribution in [1.29, 1.82) is 0 Å². The van der Waals surface area contributed by atoms with E-state index in [-0.39, 0.29) is 23.1 Å². The van der Waals surface area contributed by atoms with E-state index in [0.29, 0.717) is 5.56 Å². The SMILES string of the molecule is CNC(=O)c1ccc(S(=O)(=O)N[C@@H](CC(C)C)C(=O)O)cc1. The lowest BCUT2D eigenvalue weighted by Gasteiger charge is -2.16. The highest BCUT2D eigenvalue weighted by molar-refractivity contribution is 7.89. The number of hydrogen-bond acceptors (Lipinski definition) is 4. The molecule has 0 saturated carbocycles. The predicted octanol–water partition coefficient (Wildman–Crippen LogP) is 0.824. The van der Waals surface area contributed by atoms with Crippen LogP contribution in [0.15, 0.2) is 29.2 Å². The van der Waals surface area contributed by atoms with Crippen molar-refractivity contribution in [2.45, 2.75) is 31.2 Å². The van der Waals surface area contributed by atoms with Gasteiger partial charge in [-0.2, -0.15) is 4.72 Å². The Bertz CT molecular complexity index is 638. The first kappa shape index (κ1) is 18.1. The summed E-state index contributed by atoms with van der Waals surface area (Å²) in [6.45, 7) is 3.62. The van der Waals surface area contributed by atoms with Gasteiger partial charge in [0.1, 0.15) is 6.04 Å². The first-order valence-corrected chi connectivity index (χ1v) is 8.23. The number of aliphatic carboxylic acids is 1. The van der Waals surface area contributed by atoms with Gasteiger partial charge in [0, 0.05) is 12.6 Å². The molecular formula is C14H20N2O5S. The molecule has 0 unspecified atom stereocenters. The van der Waals surface area contributed by atoms with Gasteiger partial charge in [0.15, 0.2) is 0 Å². The number of carboxylic acid groups (broad SMARTS) is 1. The van der Waals surface area contributed by atoms with Crippen LogP contribution in [0.5, 0.6) is 0 Å². The van der Waals surface area contributed by atoms with Crippen LogP contribution in [0.3, 0.4) is 0 Å². The van der Waals surface area contributed by atoms with Crippen LogP contribution in [0.1, 0.15) is 30.6 Å². The second kappa shape index (κ2) is 7.37. The van der Waals surface area contributed by atoms with Gasteiger partial charge in [-0.25, -0.2) is 8.42 Å². The highest BCUT2D eigenvalue weighted by Crippen LogP contribution is 2.13. The van der Waals surface area contributed by atoms with E-state index >= 15 is 0 Å². The first-order valence-electron chi connectivity index (χ1n) is 6.74. The molecule has 22 heavy (non-hydrogen) atoms. The van der Waals surface area contributed by atoms with E-state index in [1.165, 1.54) is 31.3 Å². The Morgan fingerprint density at radius 2 is 1.73 bits per heavy atom. The van der Waals surface area contributed by atoms with E-state index in [2.05, 4.69) is 10.0 Å².